The van der Waals surface area contributed by atoms with Gasteiger partial charge in [-0.05, 0) is 38.1 Å². The molecule has 1 amide bonds. The Morgan fingerprint density at radius 1 is 0.912 bits per heavy atom. The zero-order chi connectivity index (χ0) is 23.5. The highest BCUT2D eigenvalue weighted by molar-refractivity contribution is 5.95. The van der Waals surface area contributed by atoms with Crippen molar-refractivity contribution in [3.63, 3.8) is 0 Å². The van der Waals surface area contributed by atoms with Gasteiger partial charge in [0.15, 0.2) is 0 Å². The summed E-state index contributed by atoms with van der Waals surface area (Å²) in [5.41, 5.74) is 2.42. The van der Waals surface area contributed by atoms with Crippen LogP contribution in [0.2, 0.25) is 0 Å². The van der Waals surface area contributed by atoms with Crippen LogP contribution >= 0.6 is 0 Å². The highest BCUT2D eigenvalue weighted by atomic mass is 16.2. The number of hydrogen-bond donors (Lipinski definition) is 1. The summed E-state index contributed by atoms with van der Waals surface area (Å²) in [7, 11) is 0. The third-order valence-electron chi connectivity index (χ3n) is 5.88. The molecular weight excluding hydrogens is 428 g/mol. The summed E-state index contributed by atoms with van der Waals surface area (Å²) in [5.74, 6) is 2.96. The highest BCUT2D eigenvalue weighted by Gasteiger charge is 2.26. The Bertz CT molecular complexity index is 1280. The zero-order valence-electron chi connectivity index (χ0n) is 19.2. The number of nitrogens with zero attached hydrogens (tertiary/aromatic N) is 7. The predicted octanol–water partition coefficient (Wildman–Crippen LogP) is 3.38. The first-order valence-electron chi connectivity index (χ1n) is 11.3. The largest absolute Gasteiger partial charge is 0.353 e. The van der Waals surface area contributed by atoms with Gasteiger partial charge in [0.1, 0.15) is 23.3 Å². The lowest BCUT2D eigenvalue weighted by molar-refractivity contribution is 0.0745. The molecule has 0 saturated carbocycles. The molecular formula is C25H26N8O. The fourth-order valence-corrected chi connectivity index (χ4v) is 4.10. The van der Waals surface area contributed by atoms with Gasteiger partial charge in [0.25, 0.3) is 5.91 Å². The first-order chi connectivity index (χ1) is 16.6. The topological polar surface area (TPSA) is 92.1 Å². The molecule has 1 N–H and O–H groups in total. The maximum Gasteiger partial charge on any atom is 0.257 e. The third kappa shape index (κ3) is 4.45. The van der Waals surface area contributed by atoms with Crippen LogP contribution in [-0.2, 0) is 0 Å². The Kier molecular flexibility index (Phi) is 5.90. The van der Waals surface area contributed by atoms with E-state index in [0.717, 1.165) is 23.0 Å². The van der Waals surface area contributed by atoms with Crippen molar-refractivity contribution >= 4 is 23.4 Å². The van der Waals surface area contributed by atoms with Gasteiger partial charge in [0.05, 0.1) is 23.1 Å². The quantitative estimate of drug-likeness (QED) is 0.494. The Balaban J connectivity index is 1.26. The normalized spacial score (nSPS) is 13.7. The lowest BCUT2D eigenvalue weighted by Gasteiger charge is -2.35. The molecule has 1 aromatic carbocycles. The van der Waals surface area contributed by atoms with Crippen molar-refractivity contribution in [2.75, 3.05) is 36.4 Å². The molecule has 5 rings (SSSR count). The number of pyridine rings is 1. The van der Waals surface area contributed by atoms with Crippen molar-refractivity contribution in [3.8, 4) is 5.69 Å². The predicted molar refractivity (Wildman–Crippen MR) is 131 cm³/mol. The molecule has 1 saturated heterocycles. The lowest BCUT2D eigenvalue weighted by Crippen LogP contribution is -2.49. The van der Waals surface area contributed by atoms with Gasteiger partial charge in [-0.15, -0.1) is 0 Å². The van der Waals surface area contributed by atoms with Gasteiger partial charge in [0, 0.05) is 38.4 Å². The molecule has 34 heavy (non-hydrogen) atoms. The summed E-state index contributed by atoms with van der Waals surface area (Å²) in [6.45, 7) is 6.42. The molecule has 1 aliphatic rings. The number of carbonyl (C=O) groups excluding carboxylic acids is 1. The Morgan fingerprint density at radius 2 is 1.68 bits per heavy atom. The summed E-state index contributed by atoms with van der Waals surface area (Å²) in [4.78, 5) is 30.7. The van der Waals surface area contributed by atoms with Gasteiger partial charge in [-0.3, -0.25) is 4.79 Å². The minimum atomic E-state index is 0.00991. The number of piperazine rings is 1. The number of amides is 1. The van der Waals surface area contributed by atoms with Crippen LogP contribution in [0.5, 0.6) is 0 Å². The molecule has 0 radical (unpaired) electrons. The van der Waals surface area contributed by atoms with Crippen LogP contribution < -0.4 is 10.2 Å². The van der Waals surface area contributed by atoms with E-state index in [1.165, 1.54) is 0 Å². The number of anilines is 3. The van der Waals surface area contributed by atoms with Crippen molar-refractivity contribution in [3.05, 3.63) is 84.1 Å². The number of benzene rings is 1. The molecule has 0 atom stereocenters. The number of aromatic nitrogens is 5. The fourth-order valence-electron chi connectivity index (χ4n) is 4.10. The van der Waals surface area contributed by atoms with Gasteiger partial charge < -0.3 is 15.1 Å². The molecule has 9 nitrogen and oxygen atoms in total. The van der Waals surface area contributed by atoms with E-state index in [9.17, 15) is 4.79 Å². The second-order valence-electron chi connectivity index (χ2n) is 8.17. The Labute approximate surface area is 198 Å². The van der Waals surface area contributed by atoms with Crippen LogP contribution in [0.25, 0.3) is 5.69 Å². The average Bonchev–Trinajstić information content (AvgIpc) is 3.25. The smallest absolute Gasteiger partial charge is 0.257 e. The van der Waals surface area contributed by atoms with E-state index >= 15 is 0 Å². The Hall–Kier alpha value is -4.27. The highest BCUT2D eigenvalue weighted by Crippen LogP contribution is 2.22. The van der Waals surface area contributed by atoms with E-state index in [0.29, 0.717) is 43.4 Å². The monoisotopic (exact) mass is 454 g/mol. The van der Waals surface area contributed by atoms with Gasteiger partial charge in [0.2, 0.25) is 0 Å². The molecule has 4 aromatic rings. The third-order valence-corrected chi connectivity index (χ3v) is 5.88. The minimum Gasteiger partial charge on any atom is -0.353 e. The first kappa shape index (κ1) is 21.6. The van der Waals surface area contributed by atoms with Crippen LogP contribution in [0.4, 0.5) is 17.5 Å². The number of para-hydroxylation sites is 1. The van der Waals surface area contributed by atoms with Crippen LogP contribution in [0, 0.1) is 13.8 Å². The molecule has 1 aliphatic heterocycles. The number of carbonyl (C=O) groups is 1. The van der Waals surface area contributed by atoms with Crippen molar-refractivity contribution in [2.24, 2.45) is 0 Å². The molecule has 4 heterocycles. The molecule has 9 heteroatoms. The van der Waals surface area contributed by atoms with Gasteiger partial charge in [-0.2, -0.15) is 5.10 Å². The van der Waals surface area contributed by atoms with E-state index in [2.05, 4.69) is 30.3 Å². The second-order valence-corrected chi connectivity index (χ2v) is 8.17. The molecule has 0 aliphatic carbocycles. The van der Waals surface area contributed by atoms with Crippen molar-refractivity contribution in [1.29, 1.82) is 0 Å². The van der Waals surface area contributed by atoms with E-state index in [4.69, 9.17) is 0 Å². The van der Waals surface area contributed by atoms with Crippen molar-refractivity contribution in [1.82, 2.24) is 29.6 Å². The van der Waals surface area contributed by atoms with Crippen LogP contribution in [0.15, 0.2) is 67.0 Å². The summed E-state index contributed by atoms with van der Waals surface area (Å²) in [6.07, 6.45) is 3.40. The number of hydrogen-bond acceptors (Lipinski definition) is 7. The maximum atomic E-state index is 13.2. The van der Waals surface area contributed by atoms with Gasteiger partial charge in [-0.25, -0.2) is 19.6 Å². The molecule has 172 valence electrons. The molecule has 3 aromatic heterocycles. The maximum absolute atomic E-state index is 13.2. The summed E-state index contributed by atoms with van der Waals surface area (Å²) < 4.78 is 1.81. The molecule has 0 bridgehead atoms. The number of nitrogens with one attached hydrogen (secondary N) is 1. The summed E-state index contributed by atoms with van der Waals surface area (Å²) >= 11 is 0. The van der Waals surface area contributed by atoms with Crippen molar-refractivity contribution < 1.29 is 4.79 Å². The van der Waals surface area contributed by atoms with Gasteiger partial charge >= 0.3 is 0 Å². The minimum absolute atomic E-state index is 0.00991. The van der Waals surface area contributed by atoms with E-state index in [1.807, 2.05) is 78.0 Å². The second kappa shape index (κ2) is 9.30. The van der Waals surface area contributed by atoms with E-state index in [-0.39, 0.29) is 5.91 Å². The summed E-state index contributed by atoms with van der Waals surface area (Å²) in [6, 6.07) is 17.5. The number of aryl methyl sites for hydroxylation is 1. The molecule has 0 unspecified atom stereocenters. The molecule has 0 spiro atoms. The van der Waals surface area contributed by atoms with E-state index < -0.39 is 0 Å². The molecule has 1 fully saturated rings. The van der Waals surface area contributed by atoms with Crippen LogP contribution in [0.1, 0.15) is 21.9 Å². The first-order valence-corrected chi connectivity index (χ1v) is 11.3. The van der Waals surface area contributed by atoms with Crippen LogP contribution in [0.3, 0.4) is 0 Å². The van der Waals surface area contributed by atoms with Crippen LogP contribution in [-0.4, -0.2) is 61.7 Å². The zero-order valence-corrected chi connectivity index (χ0v) is 19.2. The number of rotatable bonds is 5. The van der Waals surface area contributed by atoms with Gasteiger partial charge in [-0.1, -0.05) is 24.3 Å². The van der Waals surface area contributed by atoms with Crippen molar-refractivity contribution in [2.45, 2.75) is 13.8 Å². The SMILES string of the molecule is Cc1nc(Nc2ccccn2)cc(N2CCN(C(=O)c3cnn(-c4ccccc4)c3C)CC2)n1. The Morgan fingerprint density at radius 3 is 2.41 bits per heavy atom. The summed E-state index contributed by atoms with van der Waals surface area (Å²) in [5, 5.41) is 7.68. The lowest BCUT2D eigenvalue weighted by atomic mass is 10.2. The van der Waals surface area contributed by atoms with E-state index in [1.54, 1.807) is 12.4 Å². The standard InChI is InChI=1S/C25H26N8O/c1-18-21(17-27-33(18)20-8-4-3-5-9-20)25(34)32-14-12-31(13-15-32)24-16-23(28-19(2)29-24)30-22-10-6-7-11-26-22/h3-11,16-17H,12-15H2,1-2H3,(H,26,28,29,30). The average molecular weight is 455 g/mol. The fraction of sp³-hybridized carbons (Fsp3) is 0.240.